The number of unbranched alkanes of at least 4 members (excludes halogenated alkanes) is 1. The molecule has 0 aliphatic heterocycles. The molecule has 35 heavy (non-hydrogen) atoms. The Morgan fingerprint density at radius 1 is 0.771 bits per heavy atom. The number of hydrogen-bond donors (Lipinski definition) is 0. The minimum Gasteiger partial charge on any atom is -0.489 e. The van der Waals surface area contributed by atoms with Crippen LogP contribution >= 0.6 is 0 Å². The van der Waals surface area contributed by atoms with Gasteiger partial charge in [0, 0.05) is 24.0 Å². The lowest BCUT2D eigenvalue weighted by molar-refractivity contribution is -0.138. The number of hydrogen-bond acceptors (Lipinski definition) is 4. The Labute approximate surface area is 209 Å². The summed E-state index contributed by atoms with van der Waals surface area (Å²) >= 11 is 0. The molecular weight excluding hydrogens is 436 g/mol. The maximum Gasteiger partial charge on any atom is 0.334 e. The largest absolute Gasteiger partial charge is 0.489 e. The van der Waals surface area contributed by atoms with Gasteiger partial charge < -0.3 is 14.2 Å². The molecule has 3 rings (SSSR count). The van der Waals surface area contributed by atoms with Crippen molar-refractivity contribution < 1.29 is 19.0 Å². The fourth-order valence-electron chi connectivity index (χ4n) is 3.77. The first-order valence-corrected chi connectivity index (χ1v) is 12.6. The molecule has 4 heteroatoms. The topological polar surface area (TPSA) is 44.8 Å². The molecule has 0 N–H and O–H groups in total. The molecule has 0 aliphatic carbocycles. The summed E-state index contributed by atoms with van der Waals surface area (Å²) in [7, 11) is 0. The van der Waals surface area contributed by atoms with Crippen LogP contribution in [0.2, 0.25) is 0 Å². The summed E-state index contributed by atoms with van der Waals surface area (Å²) in [5.41, 5.74) is 3.92. The van der Waals surface area contributed by atoms with E-state index in [1.807, 2.05) is 67.6 Å². The van der Waals surface area contributed by atoms with Crippen LogP contribution in [0.3, 0.4) is 0 Å². The molecule has 0 amide bonds. The zero-order valence-corrected chi connectivity index (χ0v) is 20.9. The lowest BCUT2D eigenvalue weighted by Crippen LogP contribution is -2.09. The summed E-state index contributed by atoms with van der Waals surface area (Å²) < 4.78 is 17.8. The van der Waals surface area contributed by atoms with Crippen molar-refractivity contribution in [2.24, 2.45) is 0 Å². The van der Waals surface area contributed by atoms with Gasteiger partial charge in [0.05, 0.1) is 19.8 Å². The maximum atomic E-state index is 12.6. The van der Waals surface area contributed by atoms with Crippen molar-refractivity contribution in [3.8, 4) is 11.5 Å². The van der Waals surface area contributed by atoms with E-state index in [-0.39, 0.29) is 5.97 Å². The van der Waals surface area contributed by atoms with Gasteiger partial charge in [-0.25, -0.2) is 4.79 Å². The average molecular weight is 473 g/mol. The van der Waals surface area contributed by atoms with E-state index in [1.165, 1.54) is 11.1 Å². The van der Waals surface area contributed by atoms with Crippen LogP contribution in [0.15, 0.2) is 84.4 Å². The minimum absolute atomic E-state index is 0.272. The molecular formula is C31H36O4. The van der Waals surface area contributed by atoms with Crippen LogP contribution < -0.4 is 9.47 Å². The summed E-state index contributed by atoms with van der Waals surface area (Å²) in [5, 5.41) is 0. The van der Waals surface area contributed by atoms with Gasteiger partial charge in [0.15, 0.2) is 11.5 Å². The SMILES string of the molecule is CCCC/C(=C\c1cccc(OCCc2ccccc2)c1OCCc1ccccc1)C(=O)OCC. The highest BCUT2D eigenvalue weighted by molar-refractivity contribution is 5.94. The first kappa shape index (κ1) is 26.1. The normalized spacial score (nSPS) is 11.2. The third-order valence-electron chi connectivity index (χ3n) is 5.65. The molecule has 0 spiro atoms. The van der Waals surface area contributed by atoms with E-state index < -0.39 is 0 Å². The van der Waals surface area contributed by atoms with Crippen LogP contribution in [0.25, 0.3) is 6.08 Å². The lowest BCUT2D eigenvalue weighted by atomic mass is 10.0. The number of para-hydroxylation sites is 1. The monoisotopic (exact) mass is 472 g/mol. The molecule has 0 heterocycles. The third-order valence-corrected chi connectivity index (χ3v) is 5.65. The maximum absolute atomic E-state index is 12.6. The Hall–Kier alpha value is -3.53. The average Bonchev–Trinajstić information content (AvgIpc) is 2.89. The van der Waals surface area contributed by atoms with E-state index in [0.29, 0.717) is 43.3 Å². The molecule has 0 aliphatic rings. The second-order valence-corrected chi connectivity index (χ2v) is 8.34. The molecule has 0 atom stereocenters. The van der Waals surface area contributed by atoms with Gasteiger partial charge >= 0.3 is 5.97 Å². The van der Waals surface area contributed by atoms with Crippen molar-refractivity contribution in [3.63, 3.8) is 0 Å². The van der Waals surface area contributed by atoms with Gasteiger partial charge in [-0.15, -0.1) is 0 Å². The number of ether oxygens (including phenoxy) is 3. The van der Waals surface area contributed by atoms with Gasteiger partial charge in [0.2, 0.25) is 0 Å². The molecule has 0 unspecified atom stereocenters. The van der Waals surface area contributed by atoms with Gasteiger partial charge in [-0.1, -0.05) is 86.1 Å². The Morgan fingerprint density at radius 2 is 1.40 bits per heavy atom. The first-order valence-electron chi connectivity index (χ1n) is 12.6. The van der Waals surface area contributed by atoms with E-state index in [4.69, 9.17) is 14.2 Å². The molecule has 0 aromatic heterocycles. The smallest absolute Gasteiger partial charge is 0.334 e. The van der Waals surface area contributed by atoms with Gasteiger partial charge in [0.25, 0.3) is 0 Å². The van der Waals surface area contributed by atoms with Gasteiger partial charge in [-0.3, -0.25) is 0 Å². The Morgan fingerprint density at radius 3 is 2.00 bits per heavy atom. The highest BCUT2D eigenvalue weighted by Gasteiger charge is 2.15. The van der Waals surface area contributed by atoms with Gasteiger partial charge in [-0.2, -0.15) is 0 Å². The summed E-state index contributed by atoms with van der Waals surface area (Å²) in [6.07, 6.45) is 6.06. The van der Waals surface area contributed by atoms with Crippen LogP contribution in [-0.2, 0) is 22.4 Å². The minimum atomic E-state index is -0.272. The fraction of sp³-hybridized carbons (Fsp3) is 0.323. The molecule has 0 fully saturated rings. The van der Waals surface area contributed by atoms with Crippen LogP contribution in [0, 0.1) is 0 Å². The zero-order valence-electron chi connectivity index (χ0n) is 20.9. The van der Waals surface area contributed by atoms with Gasteiger partial charge in [0.1, 0.15) is 0 Å². The van der Waals surface area contributed by atoms with Crippen molar-refractivity contribution in [1.29, 1.82) is 0 Å². The Kier molecular flexibility index (Phi) is 10.9. The quantitative estimate of drug-likeness (QED) is 0.186. The molecule has 3 aromatic rings. The molecule has 0 radical (unpaired) electrons. The molecule has 4 nitrogen and oxygen atoms in total. The highest BCUT2D eigenvalue weighted by Crippen LogP contribution is 2.34. The summed E-state index contributed by atoms with van der Waals surface area (Å²) in [4.78, 5) is 12.6. The molecule has 184 valence electrons. The number of esters is 1. The van der Waals surface area contributed by atoms with E-state index in [2.05, 4.69) is 31.2 Å². The molecule has 0 saturated carbocycles. The first-order chi connectivity index (χ1) is 17.2. The van der Waals surface area contributed by atoms with E-state index in [0.717, 1.165) is 31.2 Å². The van der Waals surface area contributed by atoms with Gasteiger partial charge in [-0.05, 0) is 43.0 Å². The number of carbonyl (C=O) groups excluding carboxylic acids is 1. The predicted octanol–water partition coefficient (Wildman–Crippen LogP) is 7.07. The fourth-order valence-corrected chi connectivity index (χ4v) is 3.77. The Bertz CT molecular complexity index is 1060. The standard InChI is InChI=1S/C31H36O4/c1-3-5-17-28(31(32)33-4-2)24-27-18-12-19-29(34-22-20-25-13-8-6-9-14-25)30(27)35-23-21-26-15-10-7-11-16-26/h6-16,18-19,24H,3-5,17,20-23H2,1-2H3/b28-24+. The van der Waals surface area contributed by atoms with Crippen molar-refractivity contribution in [2.75, 3.05) is 19.8 Å². The zero-order chi connectivity index (χ0) is 24.7. The second-order valence-electron chi connectivity index (χ2n) is 8.34. The van der Waals surface area contributed by atoms with Crippen LogP contribution in [0.5, 0.6) is 11.5 Å². The van der Waals surface area contributed by atoms with Crippen molar-refractivity contribution in [3.05, 3.63) is 101 Å². The lowest BCUT2D eigenvalue weighted by Gasteiger charge is -2.16. The van der Waals surface area contributed by atoms with E-state index in [1.54, 1.807) is 0 Å². The van der Waals surface area contributed by atoms with E-state index >= 15 is 0 Å². The van der Waals surface area contributed by atoms with E-state index in [9.17, 15) is 4.79 Å². The Balaban J connectivity index is 1.83. The molecule has 0 bridgehead atoms. The number of carbonyl (C=O) groups is 1. The highest BCUT2D eigenvalue weighted by atomic mass is 16.5. The van der Waals surface area contributed by atoms with Crippen LogP contribution in [-0.4, -0.2) is 25.8 Å². The molecule has 3 aromatic carbocycles. The van der Waals surface area contributed by atoms with Crippen molar-refractivity contribution >= 4 is 12.0 Å². The second kappa shape index (κ2) is 14.7. The third kappa shape index (κ3) is 8.64. The van der Waals surface area contributed by atoms with Crippen LogP contribution in [0.4, 0.5) is 0 Å². The summed E-state index contributed by atoms with van der Waals surface area (Å²) in [5.74, 6) is 1.07. The number of rotatable bonds is 14. The summed E-state index contributed by atoms with van der Waals surface area (Å²) in [6, 6.07) is 26.4. The van der Waals surface area contributed by atoms with Crippen molar-refractivity contribution in [1.82, 2.24) is 0 Å². The van der Waals surface area contributed by atoms with Crippen molar-refractivity contribution in [2.45, 2.75) is 46.0 Å². The van der Waals surface area contributed by atoms with Crippen LogP contribution in [0.1, 0.15) is 49.8 Å². The predicted molar refractivity (Wildman–Crippen MR) is 142 cm³/mol. The summed E-state index contributed by atoms with van der Waals surface area (Å²) in [6.45, 7) is 5.34. The molecule has 0 saturated heterocycles. The number of benzene rings is 3.